The van der Waals surface area contributed by atoms with Gasteiger partial charge in [0.1, 0.15) is 4.99 Å². The van der Waals surface area contributed by atoms with Gasteiger partial charge in [0.25, 0.3) is 0 Å². The molecular weight excluding hydrogens is 244 g/mol. The van der Waals surface area contributed by atoms with Crippen LogP contribution in [0.25, 0.3) is 0 Å². The number of rotatable bonds is 3. The minimum atomic E-state index is -0.141. The number of hydrogen-bond acceptors (Lipinski definition) is 3. The Morgan fingerprint density at radius 1 is 1.44 bits per heavy atom. The number of aliphatic hydroxyl groups is 1. The highest BCUT2D eigenvalue weighted by molar-refractivity contribution is 7.80. The SMILES string of the molecule is CC1CN(Cc2ccc(C(N)=S)cc2)CCC1O. The Morgan fingerprint density at radius 3 is 2.67 bits per heavy atom. The van der Waals surface area contributed by atoms with Crippen molar-refractivity contribution in [3.63, 3.8) is 0 Å². The van der Waals surface area contributed by atoms with E-state index >= 15 is 0 Å². The molecule has 0 saturated carbocycles. The number of nitrogens with two attached hydrogens (primary N) is 1. The van der Waals surface area contributed by atoms with Crippen molar-refractivity contribution in [2.45, 2.75) is 26.0 Å². The predicted molar refractivity (Wildman–Crippen MR) is 77.4 cm³/mol. The number of benzene rings is 1. The summed E-state index contributed by atoms with van der Waals surface area (Å²) in [5, 5.41) is 9.70. The molecule has 1 aliphatic heterocycles. The third-order valence-electron chi connectivity index (χ3n) is 3.59. The molecule has 1 aliphatic rings. The molecule has 1 aromatic carbocycles. The van der Waals surface area contributed by atoms with Crippen LogP contribution in [0.1, 0.15) is 24.5 Å². The van der Waals surface area contributed by atoms with Gasteiger partial charge in [-0.25, -0.2) is 0 Å². The Morgan fingerprint density at radius 2 is 2.11 bits per heavy atom. The van der Waals surface area contributed by atoms with E-state index in [0.29, 0.717) is 10.9 Å². The van der Waals surface area contributed by atoms with Crippen LogP contribution in [-0.2, 0) is 6.54 Å². The van der Waals surface area contributed by atoms with E-state index in [1.54, 1.807) is 0 Å². The zero-order valence-corrected chi connectivity index (χ0v) is 11.5. The summed E-state index contributed by atoms with van der Waals surface area (Å²) in [6.07, 6.45) is 0.727. The molecule has 0 aliphatic carbocycles. The summed E-state index contributed by atoms with van der Waals surface area (Å²) in [7, 11) is 0. The second-order valence-electron chi connectivity index (χ2n) is 5.13. The first-order chi connectivity index (χ1) is 8.56. The maximum Gasteiger partial charge on any atom is 0.103 e. The van der Waals surface area contributed by atoms with Crippen LogP contribution in [0.5, 0.6) is 0 Å². The van der Waals surface area contributed by atoms with Crippen molar-refractivity contribution in [2.75, 3.05) is 13.1 Å². The van der Waals surface area contributed by atoms with E-state index in [4.69, 9.17) is 18.0 Å². The molecule has 98 valence electrons. The summed E-state index contributed by atoms with van der Waals surface area (Å²) in [5.41, 5.74) is 7.75. The van der Waals surface area contributed by atoms with Crippen LogP contribution in [-0.4, -0.2) is 34.2 Å². The van der Waals surface area contributed by atoms with E-state index in [1.165, 1.54) is 5.56 Å². The highest BCUT2D eigenvalue weighted by Crippen LogP contribution is 2.18. The van der Waals surface area contributed by atoms with Gasteiger partial charge in [-0.3, -0.25) is 4.90 Å². The number of hydrogen-bond donors (Lipinski definition) is 2. The molecule has 1 aromatic rings. The molecule has 0 radical (unpaired) electrons. The summed E-state index contributed by atoms with van der Waals surface area (Å²) in [6, 6.07) is 8.09. The first-order valence-electron chi connectivity index (χ1n) is 6.35. The predicted octanol–water partition coefficient (Wildman–Crippen LogP) is 1.52. The van der Waals surface area contributed by atoms with E-state index in [2.05, 4.69) is 24.0 Å². The molecule has 3 N–H and O–H groups in total. The molecule has 2 atom stereocenters. The Labute approximate surface area is 114 Å². The minimum absolute atomic E-state index is 0.141. The lowest BCUT2D eigenvalue weighted by molar-refractivity contribution is 0.0320. The van der Waals surface area contributed by atoms with Crippen molar-refractivity contribution >= 4 is 17.2 Å². The van der Waals surface area contributed by atoms with Crippen LogP contribution in [0.15, 0.2) is 24.3 Å². The molecule has 0 bridgehead atoms. The van der Waals surface area contributed by atoms with Gasteiger partial charge < -0.3 is 10.8 Å². The van der Waals surface area contributed by atoms with Gasteiger partial charge in [0, 0.05) is 25.2 Å². The molecule has 1 fully saturated rings. The van der Waals surface area contributed by atoms with Crippen molar-refractivity contribution < 1.29 is 5.11 Å². The molecule has 2 unspecified atom stereocenters. The zero-order chi connectivity index (χ0) is 13.1. The van der Waals surface area contributed by atoms with Crippen molar-refractivity contribution in [3.8, 4) is 0 Å². The third kappa shape index (κ3) is 3.28. The van der Waals surface area contributed by atoms with E-state index < -0.39 is 0 Å². The first kappa shape index (κ1) is 13.5. The normalized spacial score (nSPS) is 25.0. The highest BCUT2D eigenvalue weighted by atomic mass is 32.1. The topological polar surface area (TPSA) is 49.5 Å². The summed E-state index contributed by atoms with van der Waals surface area (Å²) in [5.74, 6) is 0.356. The van der Waals surface area contributed by atoms with Gasteiger partial charge in [0.15, 0.2) is 0 Å². The van der Waals surface area contributed by atoms with Crippen LogP contribution in [0, 0.1) is 5.92 Å². The molecule has 4 heteroatoms. The van der Waals surface area contributed by atoms with Gasteiger partial charge in [0.05, 0.1) is 6.10 Å². The number of thiocarbonyl (C=S) groups is 1. The van der Waals surface area contributed by atoms with Crippen LogP contribution < -0.4 is 5.73 Å². The molecular formula is C14H20N2OS. The Balaban J connectivity index is 1.95. The molecule has 3 nitrogen and oxygen atoms in total. The average molecular weight is 264 g/mol. The van der Waals surface area contributed by atoms with Crippen LogP contribution in [0.2, 0.25) is 0 Å². The first-order valence-corrected chi connectivity index (χ1v) is 6.76. The fourth-order valence-corrected chi connectivity index (χ4v) is 2.53. The molecule has 0 spiro atoms. The second-order valence-corrected chi connectivity index (χ2v) is 5.57. The van der Waals surface area contributed by atoms with E-state index in [1.807, 2.05) is 12.1 Å². The van der Waals surface area contributed by atoms with Crippen molar-refractivity contribution in [3.05, 3.63) is 35.4 Å². The smallest absolute Gasteiger partial charge is 0.103 e. The fourth-order valence-electron chi connectivity index (χ4n) is 2.40. The monoisotopic (exact) mass is 264 g/mol. The van der Waals surface area contributed by atoms with Gasteiger partial charge in [-0.1, -0.05) is 43.4 Å². The Kier molecular flexibility index (Phi) is 4.32. The molecule has 18 heavy (non-hydrogen) atoms. The van der Waals surface area contributed by atoms with Gasteiger partial charge in [-0.15, -0.1) is 0 Å². The summed E-state index contributed by atoms with van der Waals surface area (Å²) >= 11 is 4.93. The van der Waals surface area contributed by atoms with Crippen LogP contribution >= 0.6 is 12.2 Å². The van der Waals surface area contributed by atoms with Crippen molar-refractivity contribution in [1.29, 1.82) is 0 Å². The molecule has 1 heterocycles. The van der Waals surface area contributed by atoms with E-state index in [-0.39, 0.29) is 6.10 Å². The minimum Gasteiger partial charge on any atom is -0.393 e. The Hall–Kier alpha value is -0.970. The lowest BCUT2D eigenvalue weighted by Crippen LogP contribution is -2.41. The number of nitrogens with zero attached hydrogens (tertiary/aromatic N) is 1. The Bertz CT molecular complexity index is 418. The lowest BCUT2D eigenvalue weighted by Gasteiger charge is -2.34. The summed E-state index contributed by atoms with van der Waals surface area (Å²) < 4.78 is 0. The van der Waals surface area contributed by atoms with Gasteiger partial charge in [-0.2, -0.15) is 0 Å². The lowest BCUT2D eigenvalue weighted by atomic mass is 9.96. The fraction of sp³-hybridized carbons (Fsp3) is 0.500. The van der Waals surface area contributed by atoms with Crippen LogP contribution in [0.4, 0.5) is 0 Å². The largest absolute Gasteiger partial charge is 0.393 e. The maximum absolute atomic E-state index is 9.70. The molecule has 2 rings (SSSR count). The second kappa shape index (κ2) is 5.78. The highest BCUT2D eigenvalue weighted by Gasteiger charge is 2.23. The van der Waals surface area contributed by atoms with E-state index in [9.17, 15) is 5.11 Å². The molecule has 0 aromatic heterocycles. The van der Waals surface area contributed by atoms with E-state index in [0.717, 1.165) is 31.6 Å². The van der Waals surface area contributed by atoms with Crippen LogP contribution in [0.3, 0.4) is 0 Å². The van der Waals surface area contributed by atoms with Crippen molar-refractivity contribution in [2.24, 2.45) is 11.7 Å². The number of piperidine rings is 1. The molecule has 0 amide bonds. The zero-order valence-electron chi connectivity index (χ0n) is 10.7. The quantitative estimate of drug-likeness (QED) is 0.813. The van der Waals surface area contributed by atoms with Gasteiger partial charge in [-0.05, 0) is 17.9 Å². The number of likely N-dealkylation sites (tertiary alicyclic amines) is 1. The third-order valence-corrected chi connectivity index (χ3v) is 3.82. The maximum atomic E-state index is 9.70. The average Bonchev–Trinajstić information content (AvgIpc) is 2.34. The molecule has 1 saturated heterocycles. The standard InChI is InChI=1S/C14H20N2OS/c1-10-8-16(7-6-13(10)17)9-11-2-4-12(5-3-11)14(15)18/h2-5,10,13,17H,6-9H2,1H3,(H2,15,18). The number of aliphatic hydroxyl groups excluding tert-OH is 1. The van der Waals surface area contributed by atoms with Gasteiger partial charge in [0.2, 0.25) is 0 Å². The summed E-state index contributed by atoms with van der Waals surface area (Å²) in [4.78, 5) is 2.82. The van der Waals surface area contributed by atoms with Gasteiger partial charge >= 0.3 is 0 Å². The summed E-state index contributed by atoms with van der Waals surface area (Å²) in [6.45, 7) is 4.95. The van der Waals surface area contributed by atoms with Crippen molar-refractivity contribution in [1.82, 2.24) is 4.90 Å².